The van der Waals surface area contributed by atoms with Crippen molar-refractivity contribution in [2.45, 2.75) is 32.4 Å². The number of rotatable bonds is 3. The molecule has 1 aromatic rings. The minimum Gasteiger partial charge on any atom is -0.488 e. The van der Waals surface area contributed by atoms with Crippen molar-refractivity contribution in [1.29, 1.82) is 0 Å². The highest BCUT2D eigenvalue weighted by atomic mass is 16.6. The largest absolute Gasteiger partial charge is 0.488 e. The number of fused-ring (bicyclic) bond motifs is 1. The Morgan fingerprint density at radius 3 is 2.93 bits per heavy atom. The molecule has 15 heavy (non-hydrogen) atoms. The number of nitrogens with one attached hydrogen (secondary N) is 1. The van der Waals surface area contributed by atoms with Crippen LogP contribution < -0.4 is 10.2 Å². The second kappa shape index (κ2) is 4.21. The lowest BCUT2D eigenvalue weighted by Gasteiger charge is -2.17. The molecule has 0 aliphatic carbocycles. The Labute approximate surface area is 90.3 Å². The number of benzene rings is 1. The summed E-state index contributed by atoms with van der Waals surface area (Å²) in [4.78, 5) is 5.02. The summed E-state index contributed by atoms with van der Waals surface area (Å²) in [6.07, 6.45) is 1.14. The minimum atomic E-state index is 0.148. The van der Waals surface area contributed by atoms with Gasteiger partial charge in [0.1, 0.15) is 11.9 Å². The highest BCUT2D eigenvalue weighted by molar-refractivity contribution is 5.42. The number of hydroxylamine groups is 1. The zero-order valence-corrected chi connectivity index (χ0v) is 9.41. The van der Waals surface area contributed by atoms with Gasteiger partial charge in [0.05, 0.1) is 13.2 Å². The second-order valence-corrected chi connectivity index (χ2v) is 3.91. The second-order valence-electron chi connectivity index (χ2n) is 3.91. The van der Waals surface area contributed by atoms with Crippen molar-refractivity contribution < 1.29 is 9.57 Å². The molecule has 82 valence electrons. The molecule has 2 rings (SSSR count). The fourth-order valence-electron chi connectivity index (χ4n) is 2.04. The third-order valence-corrected chi connectivity index (χ3v) is 2.80. The van der Waals surface area contributed by atoms with Crippen molar-refractivity contribution >= 4 is 0 Å². The first-order valence-electron chi connectivity index (χ1n) is 5.32. The maximum Gasteiger partial charge on any atom is 0.124 e. The van der Waals surface area contributed by atoms with Crippen molar-refractivity contribution in [3.8, 4) is 5.75 Å². The highest BCUT2D eigenvalue weighted by Gasteiger charge is 2.33. The molecule has 0 bridgehead atoms. The number of hydrogen-bond donors (Lipinski definition) is 1. The summed E-state index contributed by atoms with van der Waals surface area (Å²) < 4.78 is 5.83. The standard InChI is InChI=1S/C12H17NO2/c1-4-10-12(13-14-3)9-7-8(2)5-6-11(9)15-10/h5-7,10,12-13H,4H2,1-3H3. The van der Waals surface area contributed by atoms with Gasteiger partial charge in [-0.1, -0.05) is 24.6 Å². The lowest BCUT2D eigenvalue weighted by Crippen LogP contribution is -2.29. The molecule has 3 nitrogen and oxygen atoms in total. The van der Waals surface area contributed by atoms with Crippen molar-refractivity contribution in [1.82, 2.24) is 5.48 Å². The van der Waals surface area contributed by atoms with E-state index in [0.717, 1.165) is 12.2 Å². The van der Waals surface area contributed by atoms with Crippen LogP contribution in [0.25, 0.3) is 0 Å². The first-order valence-corrected chi connectivity index (χ1v) is 5.32. The topological polar surface area (TPSA) is 30.5 Å². The Morgan fingerprint density at radius 1 is 1.47 bits per heavy atom. The highest BCUT2D eigenvalue weighted by Crippen LogP contribution is 2.38. The fourth-order valence-corrected chi connectivity index (χ4v) is 2.04. The van der Waals surface area contributed by atoms with Gasteiger partial charge in [-0.2, -0.15) is 5.48 Å². The van der Waals surface area contributed by atoms with Gasteiger partial charge in [-0.15, -0.1) is 0 Å². The quantitative estimate of drug-likeness (QED) is 0.772. The van der Waals surface area contributed by atoms with Gasteiger partial charge < -0.3 is 9.57 Å². The van der Waals surface area contributed by atoms with Crippen LogP contribution in [0.15, 0.2) is 18.2 Å². The van der Waals surface area contributed by atoms with E-state index < -0.39 is 0 Å². The molecule has 1 N–H and O–H groups in total. The van der Waals surface area contributed by atoms with Crippen molar-refractivity contribution in [2.75, 3.05) is 7.11 Å². The zero-order chi connectivity index (χ0) is 10.8. The maximum absolute atomic E-state index is 5.83. The Balaban J connectivity index is 2.32. The van der Waals surface area contributed by atoms with Crippen LogP contribution in [0.4, 0.5) is 0 Å². The third-order valence-electron chi connectivity index (χ3n) is 2.80. The van der Waals surface area contributed by atoms with E-state index in [9.17, 15) is 0 Å². The average molecular weight is 207 g/mol. The van der Waals surface area contributed by atoms with Crippen LogP contribution in [-0.4, -0.2) is 13.2 Å². The van der Waals surface area contributed by atoms with Gasteiger partial charge in [0.25, 0.3) is 0 Å². The van der Waals surface area contributed by atoms with Gasteiger partial charge in [-0.25, -0.2) is 0 Å². The predicted octanol–water partition coefficient (Wildman–Crippen LogP) is 2.36. The number of aryl methyl sites for hydroxylation is 1. The van der Waals surface area contributed by atoms with Gasteiger partial charge in [0.15, 0.2) is 0 Å². The van der Waals surface area contributed by atoms with Crippen LogP contribution in [0.5, 0.6) is 5.75 Å². The summed E-state index contributed by atoms with van der Waals surface area (Å²) in [6.45, 7) is 4.21. The van der Waals surface area contributed by atoms with Crippen molar-refractivity contribution in [3.63, 3.8) is 0 Å². The molecular weight excluding hydrogens is 190 g/mol. The molecule has 0 spiro atoms. The predicted molar refractivity (Wildman–Crippen MR) is 58.8 cm³/mol. The summed E-state index contributed by atoms with van der Waals surface area (Å²) in [5.74, 6) is 0.974. The van der Waals surface area contributed by atoms with Crippen LogP contribution >= 0.6 is 0 Å². The van der Waals surface area contributed by atoms with Crippen LogP contribution in [-0.2, 0) is 4.84 Å². The van der Waals surface area contributed by atoms with Gasteiger partial charge in [-0.3, -0.25) is 0 Å². The Hall–Kier alpha value is -1.06. The molecule has 0 fully saturated rings. The summed E-state index contributed by atoms with van der Waals surface area (Å²) in [7, 11) is 1.64. The molecule has 2 atom stereocenters. The van der Waals surface area contributed by atoms with Crippen LogP contribution in [0.2, 0.25) is 0 Å². The normalized spacial score (nSPS) is 23.7. The SMILES string of the molecule is CCC1Oc2ccc(C)cc2C1NOC. The fraction of sp³-hybridized carbons (Fsp3) is 0.500. The molecule has 1 aliphatic rings. The summed E-state index contributed by atoms with van der Waals surface area (Å²) in [5.41, 5.74) is 5.45. The molecule has 1 aromatic carbocycles. The first-order chi connectivity index (χ1) is 7.26. The van der Waals surface area contributed by atoms with Crippen molar-refractivity contribution in [2.24, 2.45) is 0 Å². The minimum absolute atomic E-state index is 0.148. The molecule has 3 heteroatoms. The first kappa shape index (κ1) is 10.5. The molecule has 0 saturated carbocycles. The van der Waals surface area contributed by atoms with Gasteiger partial charge in [0.2, 0.25) is 0 Å². The Kier molecular flexibility index (Phi) is 2.93. The molecule has 2 unspecified atom stereocenters. The van der Waals surface area contributed by atoms with Gasteiger partial charge >= 0.3 is 0 Å². The van der Waals surface area contributed by atoms with E-state index in [0.29, 0.717) is 0 Å². The number of hydrogen-bond acceptors (Lipinski definition) is 3. The van der Waals surface area contributed by atoms with Gasteiger partial charge in [0, 0.05) is 5.56 Å². The van der Waals surface area contributed by atoms with E-state index in [1.807, 2.05) is 6.07 Å². The molecule has 0 amide bonds. The van der Waals surface area contributed by atoms with Crippen LogP contribution in [0.1, 0.15) is 30.5 Å². The lowest BCUT2D eigenvalue weighted by molar-refractivity contribution is 0.0283. The Bertz CT molecular complexity index is 351. The molecular formula is C12H17NO2. The van der Waals surface area contributed by atoms with Crippen LogP contribution in [0, 0.1) is 6.92 Å². The van der Waals surface area contributed by atoms with Crippen molar-refractivity contribution in [3.05, 3.63) is 29.3 Å². The lowest BCUT2D eigenvalue weighted by atomic mass is 10.0. The molecule has 1 heterocycles. The molecule has 1 aliphatic heterocycles. The summed E-state index contributed by atoms with van der Waals surface area (Å²) in [5, 5.41) is 0. The number of ether oxygens (including phenoxy) is 1. The van der Waals surface area contributed by atoms with E-state index in [-0.39, 0.29) is 12.1 Å². The van der Waals surface area contributed by atoms with E-state index in [1.54, 1.807) is 7.11 Å². The van der Waals surface area contributed by atoms with E-state index in [4.69, 9.17) is 9.57 Å². The summed E-state index contributed by atoms with van der Waals surface area (Å²) >= 11 is 0. The van der Waals surface area contributed by atoms with E-state index >= 15 is 0 Å². The third kappa shape index (κ3) is 1.85. The summed E-state index contributed by atoms with van der Waals surface area (Å²) in [6, 6.07) is 6.41. The van der Waals surface area contributed by atoms with E-state index in [1.165, 1.54) is 11.1 Å². The monoisotopic (exact) mass is 207 g/mol. The zero-order valence-electron chi connectivity index (χ0n) is 9.41. The average Bonchev–Trinajstić information content (AvgIpc) is 2.57. The Morgan fingerprint density at radius 2 is 2.27 bits per heavy atom. The van der Waals surface area contributed by atoms with Gasteiger partial charge in [-0.05, 0) is 19.4 Å². The molecule has 0 radical (unpaired) electrons. The molecule has 0 saturated heterocycles. The molecule has 0 aromatic heterocycles. The van der Waals surface area contributed by atoms with Crippen LogP contribution in [0.3, 0.4) is 0 Å². The maximum atomic E-state index is 5.83. The van der Waals surface area contributed by atoms with E-state index in [2.05, 4.69) is 31.5 Å². The smallest absolute Gasteiger partial charge is 0.124 e.